The van der Waals surface area contributed by atoms with Crippen LogP contribution in [0.1, 0.15) is 24.0 Å². The molecule has 1 aromatic carbocycles. The van der Waals surface area contributed by atoms with Crippen LogP contribution < -0.4 is 10.6 Å². The molecule has 1 aliphatic rings. The number of aliphatic imine (C=N–C) groups is 1. The number of nitrogens with one attached hydrogen (secondary N) is 2. The lowest BCUT2D eigenvalue weighted by Crippen LogP contribution is -2.39. The summed E-state index contributed by atoms with van der Waals surface area (Å²) in [5.41, 5.74) is 1.73. The fraction of sp³-hybridized carbons (Fsp3) is 0.533. The van der Waals surface area contributed by atoms with Gasteiger partial charge in [-0.15, -0.1) is 0 Å². The molecular formula is C15H22FN3S. The summed E-state index contributed by atoms with van der Waals surface area (Å²) in [5, 5.41) is 7.31. The average Bonchev–Trinajstić information content (AvgIpc) is 2.96. The molecule has 1 fully saturated rings. The van der Waals surface area contributed by atoms with Gasteiger partial charge in [0, 0.05) is 25.4 Å². The zero-order chi connectivity index (χ0) is 14.4. The molecule has 1 heterocycles. The molecule has 5 heteroatoms. The predicted octanol–water partition coefficient (Wildman–Crippen LogP) is 2.69. The summed E-state index contributed by atoms with van der Waals surface area (Å²) < 4.78 is 13.2. The monoisotopic (exact) mass is 295 g/mol. The van der Waals surface area contributed by atoms with E-state index >= 15 is 0 Å². The van der Waals surface area contributed by atoms with E-state index < -0.39 is 0 Å². The smallest absolute Gasteiger partial charge is 0.191 e. The molecule has 110 valence electrons. The Hall–Kier alpha value is -1.23. The quantitative estimate of drug-likeness (QED) is 0.662. The number of thioether (sulfide) groups is 1. The lowest BCUT2D eigenvalue weighted by atomic mass is 10.1. The van der Waals surface area contributed by atoms with Crippen molar-refractivity contribution in [1.29, 1.82) is 0 Å². The molecule has 0 saturated carbocycles. The molecule has 1 atom stereocenters. The number of benzene rings is 1. The first kappa shape index (κ1) is 15.2. The van der Waals surface area contributed by atoms with Crippen LogP contribution in [0, 0.1) is 12.7 Å². The van der Waals surface area contributed by atoms with Crippen molar-refractivity contribution >= 4 is 17.7 Å². The van der Waals surface area contributed by atoms with Crippen molar-refractivity contribution in [1.82, 2.24) is 10.6 Å². The lowest BCUT2D eigenvalue weighted by Gasteiger charge is -2.15. The van der Waals surface area contributed by atoms with E-state index in [0.717, 1.165) is 18.1 Å². The summed E-state index contributed by atoms with van der Waals surface area (Å²) in [6.07, 6.45) is 2.60. The number of hydrogen-bond acceptors (Lipinski definition) is 2. The SMILES string of the molecule is CN=C(NCc1ccc(F)c(C)c1)NCC1CCCS1. The first-order chi connectivity index (χ1) is 9.69. The van der Waals surface area contributed by atoms with Gasteiger partial charge in [0.25, 0.3) is 0 Å². The van der Waals surface area contributed by atoms with Gasteiger partial charge in [0.15, 0.2) is 5.96 Å². The van der Waals surface area contributed by atoms with Gasteiger partial charge in [0.1, 0.15) is 5.82 Å². The van der Waals surface area contributed by atoms with Gasteiger partial charge in [-0.3, -0.25) is 4.99 Å². The van der Waals surface area contributed by atoms with Gasteiger partial charge in [-0.25, -0.2) is 4.39 Å². The Morgan fingerprint density at radius 2 is 2.30 bits per heavy atom. The normalized spacial score (nSPS) is 19.1. The molecule has 3 nitrogen and oxygen atoms in total. The molecule has 1 aromatic rings. The Balaban J connectivity index is 1.79. The van der Waals surface area contributed by atoms with Gasteiger partial charge < -0.3 is 10.6 Å². The Bertz CT molecular complexity index is 470. The van der Waals surface area contributed by atoms with Crippen molar-refractivity contribution < 1.29 is 4.39 Å². The second kappa shape index (κ2) is 7.53. The van der Waals surface area contributed by atoms with Crippen LogP contribution in [0.2, 0.25) is 0 Å². The van der Waals surface area contributed by atoms with E-state index in [1.54, 1.807) is 20.0 Å². The second-order valence-electron chi connectivity index (χ2n) is 5.03. The molecule has 0 bridgehead atoms. The van der Waals surface area contributed by atoms with Crippen LogP contribution in [-0.2, 0) is 6.54 Å². The minimum absolute atomic E-state index is 0.158. The number of aryl methyl sites for hydroxylation is 1. The summed E-state index contributed by atoms with van der Waals surface area (Å²) in [6, 6.07) is 5.18. The highest BCUT2D eigenvalue weighted by molar-refractivity contribution is 8.00. The Labute approximate surface area is 124 Å². The van der Waals surface area contributed by atoms with E-state index in [2.05, 4.69) is 15.6 Å². The van der Waals surface area contributed by atoms with Crippen LogP contribution in [0.15, 0.2) is 23.2 Å². The third-order valence-electron chi connectivity index (χ3n) is 3.43. The summed E-state index contributed by atoms with van der Waals surface area (Å²) in [6.45, 7) is 3.38. The number of nitrogens with zero attached hydrogens (tertiary/aromatic N) is 1. The summed E-state index contributed by atoms with van der Waals surface area (Å²) in [4.78, 5) is 4.22. The van der Waals surface area contributed by atoms with Crippen LogP contribution >= 0.6 is 11.8 Å². The van der Waals surface area contributed by atoms with Gasteiger partial charge in [-0.05, 0) is 42.7 Å². The van der Waals surface area contributed by atoms with Crippen LogP contribution in [0.3, 0.4) is 0 Å². The Morgan fingerprint density at radius 1 is 1.45 bits per heavy atom. The second-order valence-corrected chi connectivity index (χ2v) is 6.43. The van der Waals surface area contributed by atoms with Gasteiger partial charge >= 0.3 is 0 Å². The highest BCUT2D eigenvalue weighted by atomic mass is 32.2. The topological polar surface area (TPSA) is 36.4 Å². The zero-order valence-electron chi connectivity index (χ0n) is 12.1. The summed E-state index contributed by atoms with van der Waals surface area (Å²) in [7, 11) is 1.77. The van der Waals surface area contributed by atoms with E-state index in [9.17, 15) is 4.39 Å². The average molecular weight is 295 g/mol. The van der Waals surface area contributed by atoms with Crippen molar-refractivity contribution in [3.8, 4) is 0 Å². The molecule has 2 rings (SSSR count). The van der Waals surface area contributed by atoms with Gasteiger partial charge in [0.05, 0.1) is 0 Å². The standard InChI is InChI=1S/C15H22FN3S/c1-11-8-12(5-6-14(11)16)9-18-15(17-2)19-10-13-4-3-7-20-13/h5-6,8,13H,3-4,7,9-10H2,1-2H3,(H2,17,18,19). The Morgan fingerprint density at radius 3 is 2.95 bits per heavy atom. The molecule has 0 aromatic heterocycles. The molecule has 0 amide bonds. The van der Waals surface area contributed by atoms with E-state index in [-0.39, 0.29) is 5.82 Å². The number of rotatable bonds is 4. The van der Waals surface area contributed by atoms with Crippen LogP contribution in [0.4, 0.5) is 4.39 Å². The number of halogens is 1. The maximum atomic E-state index is 13.2. The van der Waals surface area contributed by atoms with Crippen molar-refractivity contribution in [3.05, 3.63) is 35.1 Å². The highest BCUT2D eigenvalue weighted by Gasteiger charge is 2.15. The predicted molar refractivity (Wildman–Crippen MR) is 84.8 cm³/mol. The molecular weight excluding hydrogens is 273 g/mol. The maximum absolute atomic E-state index is 13.2. The van der Waals surface area contributed by atoms with Gasteiger partial charge in [0.2, 0.25) is 0 Å². The largest absolute Gasteiger partial charge is 0.355 e. The number of guanidine groups is 1. The van der Waals surface area contributed by atoms with Gasteiger partial charge in [-0.1, -0.05) is 12.1 Å². The summed E-state index contributed by atoms with van der Waals surface area (Å²) >= 11 is 2.03. The van der Waals surface area contributed by atoms with Crippen LogP contribution in [0.25, 0.3) is 0 Å². The molecule has 0 radical (unpaired) electrons. The first-order valence-corrected chi connectivity index (χ1v) is 8.05. The minimum atomic E-state index is -0.158. The zero-order valence-corrected chi connectivity index (χ0v) is 12.9. The Kier molecular flexibility index (Phi) is 5.71. The van der Waals surface area contributed by atoms with Crippen LogP contribution in [-0.4, -0.2) is 30.6 Å². The molecule has 2 N–H and O–H groups in total. The van der Waals surface area contributed by atoms with Gasteiger partial charge in [-0.2, -0.15) is 11.8 Å². The fourth-order valence-corrected chi connectivity index (χ4v) is 3.44. The van der Waals surface area contributed by atoms with Crippen molar-refractivity contribution in [3.63, 3.8) is 0 Å². The molecule has 0 aliphatic carbocycles. The minimum Gasteiger partial charge on any atom is -0.355 e. The van der Waals surface area contributed by atoms with E-state index in [4.69, 9.17) is 0 Å². The van der Waals surface area contributed by atoms with Crippen LogP contribution in [0.5, 0.6) is 0 Å². The fourth-order valence-electron chi connectivity index (χ4n) is 2.24. The van der Waals surface area contributed by atoms with E-state index in [1.807, 2.05) is 17.8 Å². The molecule has 20 heavy (non-hydrogen) atoms. The third kappa shape index (κ3) is 4.40. The highest BCUT2D eigenvalue weighted by Crippen LogP contribution is 2.25. The lowest BCUT2D eigenvalue weighted by molar-refractivity contribution is 0.617. The number of hydrogen-bond donors (Lipinski definition) is 2. The molecule has 1 aliphatic heterocycles. The maximum Gasteiger partial charge on any atom is 0.191 e. The molecule has 1 unspecified atom stereocenters. The molecule has 0 spiro atoms. The third-order valence-corrected chi connectivity index (χ3v) is 4.83. The van der Waals surface area contributed by atoms with Crippen molar-refractivity contribution in [2.45, 2.75) is 31.6 Å². The van der Waals surface area contributed by atoms with Crippen molar-refractivity contribution in [2.24, 2.45) is 4.99 Å². The summed E-state index contributed by atoms with van der Waals surface area (Å²) in [5.74, 6) is 1.92. The van der Waals surface area contributed by atoms with E-state index in [0.29, 0.717) is 17.4 Å². The van der Waals surface area contributed by atoms with E-state index in [1.165, 1.54) is 24.7 Å². The first-order valence-electron chi connectivity index (χ1n) is 7.00. The molecule has 1 saturated heterocycles. The van der Waals surface area contributed by atoms with Crippen molar-refractivity contribution in [2.75, 3.05) is 19.3 Å².